The Kier molecular flexibility index (Phi) is 7.04. The highest BCUT2D eigenvalue weighted by atomic mass is 32.2. The Bertz CT molecular complexity index is 1370. The number of hydrogen-bond donors (Lipinski definition) is 3. The van der Waals surface area contributed by atoms with Gasteiger partial charge in [-0.2, -0.15) is 0 Å². The van der Waals surface area contributed by atoms with E-state index in [9.17, 15) is 26.0 Å². The van der Waals surface area contributed by atoms with E-state index in [-0.39, 0.29) is 21.9 Å². The average molecular weight is 492 g/mol. The number of halogens is 1. The second-order valence-corrected chi connectivity index (χ2v) is 10.8. The van der Waals surface area contributed by atoms with Gasteiger partial charge in [-0.15, -0.1) is 0 Å². The first kappa shape index (κ1) is 24.2. The van der Waals surface area contributed by atoms with Crippen molar-refractivity contribution in [1.29, 1.82) is 0 Å². The van der Waals surface area contributed by atoms with Crippen molar-refractivity contribution in [3.05, 3.63) is 83.7 Å². The Morgan fingerprint density at radius 3 is 2.03 bits per heavy atom. The van der Waals surface area contributed by atoms with Crippen LogP contribution in [0.2, 0.25) is 0 Å². The van der Waals surface area contributed by atoms with Crippen LogP contribution in [0.15, 0.2) is 71.6 Å². The molecule has 0 bridgehead atoms. The molecule has 3 aromatic rings. The highest BCUT2D eigenvalue weighted by molar-refractivity contribution is 7.93. The molecule has 0 heterocycles. The molecule has 174 valence electrons. The van der Waals surface area contributed by atoms with Gasteiger partial charge < -0.3 is 5.32 Å². The van der Waals surface area contributed by atoms with E-state index in [0.29, 0.717) is 16.9 Å². The van der Waals surface area contributed by atoms with E-state index in [4.69, 9.17) is 0 Å². The van der Waals surface area contributed by atoms with Crippen LogP contribution in [0, 0.1) is 12.7 Å². The normalized spacial score (nSPS) is 11.6. The van der Waals surface area contributed by atoms with Gasteiger partial charge in [0, 0.05) is 16.9 Å². The summed E-state index contributed by atoms with van der Waals surface area (Å²) in [7, 11) is -7.32. The monoisotopic (exact) mass is 491 g/mol. The molecular formula is C22H22FN3O5S2. The fourth-order valence-electron chi connectivity index (χ4n) is 2.82. The zero-order valence-corrected chi connectivity index (χ0v) is 19.4. The van der Waals surface area contributed by atoms with Crippen LogP contribution < -0.4 is 14.8 Å². The molecule has 3 aromatic carbocycles. The van der Waals surface area contributed by atoms with Crippen molar-refractivity contribution in [2.24, 2.45) is 0 Å². The van der Waals surface area contributed by atoms with Gasteiger partial charge in [0.1, 0.15) is 5.82 Å². The minimum atomic E-state index is -3.90. The summed E-state index contributed by atoms with van der Waals surface area (Å²) in [4.78, 5) is 12.4. The number of benzene rings is 3. The number of hydrogen-bond acceptors (Lipinski definition) is 5. The lowest BCUT2D eigenvalue weighted by molar-refractivity contribution is 0.102. The minimum absolute atomic E-state index is 0.0546. The summed E-state index contributed by atoms with van der Waals surface area (Å²) in [5.74, 6) is -1.03. The van der Waals surface area contributed by atoms with E-state index in [0.717, 1.165) is 24.3 Å². The van der Waals surface area contributed by atoms with Gasteiger partial charge in [-0.3, -0.25) is 14.2 Å². The smallest absolute Gasteiger partial charge is 0.261 e. The van der Waals surface area contributed by atoms with Crippen molar-refractivity contribution in [2.75, 3.05) is 20.5 Å². The largest absolute Gasteiger partial charge is 0.322 e. The number of carbonyl (C=O) groups excluding carboxylic acids is 1. The van der Waals surface area contributed by atoms with Gasteiger partial charge in [-0.05, 0) is 86.1 Å². The molecule has 33 heavy (non-hydrogen) atoms. The van der Waals surface area contributed by atoms with Crippen LogP contribution in [0.25, 0.3) is 0 Å². The molecular weight excluding hydrogens is 469 g/mol. The van der Waals surface area contributed by atoms with E-state index >= 15 is 0 Å². The number of carbonyl (C=O) groups is 1. The molecule has 0 spiro atoms. The summed E-state index contributed by atoms with van der Waals surface area (Å²) in [6.45, 7) is 3.25. The predicted octanol–water partition coefficient (Wildman–Crippen LogP) is 3.95. The maximum absolute atomic E-state index is 13.0. The van der Waals surface area contributed by atoms with Crippen molar-refractivity contribution >= 4 is 43.0 Å². The molecule has 1 amide bonds. The average Bonchev–Trinajstić information content (AvgIpc) is 2.76. The highest BCUT2D eigenvalue weighted by Crippen LogP contribution is 2.22. The zero-order chi connectivity index (χ0) is 24.2. The number of amides is 1. The van der Waals surface area contributed by atoms with E-state index in [2.05, 4.69) is 14.8 Å². The zero-order valence-electron chi connectivity index (χ0n) is 17.8. The predicted molar refractivity (Wildman–Crippen MR) is 126 cm³/mol. The summed E-state index contributed by atoms with van der Waals surface area (Å²) >= 11 is 0. The van der Waals surface area contributed by atoms with Crippen LogP contribution in [0.3, 0.4) is 0 Å². The molecule has 0 saturated heterocycles. The maximum Gasteiger partial charge on any atom is 0.261 e. The Labute approximate surface area is 192 Å². The SMILES string of the molecule is CCS(=O)(=O)Nc1ccc(NC(=O)c2ccc(NS(=O)(=O)c3ccc(F)cc3)cc2)cc1C. The lowest BCUT2D eigenvalue weighted by Gasteiger charge is -2.12. The highest BCUT2D eigenvalue weighted by Gasteiger charge is 2.15. The van der Waals surface area contributed by atoms with Gasteiger partial charge in [0.05, 0.1) is 16.3 Å². The summed E-state index contributed by atoms with van der Waals surface area (Å²) in [6, 6.07) is 15.0. The molecule has 3 rings (SSSR count). The van der Waals surface area contributed by atoms with Gasteiger partial charge in [0.2, 0.25) is 10.0 Å². The van der Waals surface area contributed by atoms with Crippen molar-refractivity contribution < 1.29 is 26.0 Å². The van der Waals surface area contributed by atoms with Crippen LogP contribution in [0.5, 0.6) is 0 Å². The molecule has 0 atom stereocenters. The number of aryl methyl sites for hydroxylation is 1. The Morgan fingerprint density at radius 1 is 0.848 bits per heavy atom. The molecule has 3 N–H and O–H groups in total. The molecule has 0 fully saturated rings. The molecule has 0 aliphatic heterocycles. The number of rotatable bonds is 8. The fraction of sp³-hybridized carbons (Fsp3) is 0.136. The molecule has 0 aliphatic carbocycles. The van der Waals surface area contributed by atoms with Gasteiger partial charge >= 0.3 is 0 Å². The standard InChI is InChI=1S/C22H22FN3O5S2/c1-3-32(28,29)26-21-13-10-19(14-15(21)2)24-22(27)16-4-8-18(9-5-16)25-33(30,31)20-11-6-17(23)7-12-20/h4-14,25-26H,3H2,1-2H3,(H,24,27). The first-order valence-corrected chi connectivity index (χ1v) is 12.9. The Hall–Kier alpha value is -3.44. The third-order valence-electron chi connectivity index (χ3n) is 4.65. The van der Waals surface area contributed by atoms with Crippen LogP contribution in [0.4, 0.5) is 21.5 Å². The first-order valence-electron chi connectivity index (χ1n) is 9.80. The molecule has 0 saturated carbocycles. The van der Waals surface area contributed by atoms with Gasteiger partial charge in [-0.1, -0.05) is 0 Å². The van der Waals surface area contributed by atoms with Gasteiger partial charge in [-0.25, -0.2) is 21.2 Å². The quantitative estimate of drug-likeness (QED) is 0.441. The van der Waals surface area contributed by atoms with Crippen molar-refractivity contribution in [3.63, 3.8) is 0 Å². The Balaban J connectivity index is 1.68. The second-order valence-electron chi connectivity index (χ2n) is 7.13. The molecule has 0 aromatic heterocycles. The van der Waals surface area contributed by atoms with Gasteiger partial charge in [0.25, 0.3) is 15.9 Å². The third kappa shape index (κ3) is 6.30. The third-order valence-corrected chi connectivity index (χ3v) is 7.34. The summed E-state index contributed by atoms with van der Waals surface area (Å²) < 4.78 is 66.1. The van der Waals surface area contributed by atoms with Crippen molar-refractivity contribution in [1.82, 2.24) is 0 Å². The second kappa shape index (κ2) is 9.59. The lowest BCUT2D eigenvalue weighted by atomic mass is 10.1. The van der Waals surface area contributed by atoms with E-state index in [1.807, 2.05) is 0 Å². The Morgan fingerprint density at radius 2 is 1.45 bits per heavy atom. The van der Waals surface area contributed by atoms with Crippen LogP contribution in [-0.4, -0.2) is 28.5 Å². The summed E-state index contributed by atoms with van der Waals surface area (Å²) in [6.07, 6.45) is 0. The maximum atomic E-state index is 13.0. The fourth-order valence-corrected chi connectivity index (χ4v) is 4.58. The summed E-state index contributed by atoms with van der Waals surface area (Å²) in [5, 5.41) is 2.71. The number of sulfonamides is 2. The van der Waals surface area contributed by atoms with Crippen LogP contribution in [-0.2, 0) is 20.0 Å². The minimum Gasteiger partial charge on any atom is -0.322 e. The molecule has 0 unspecified atom stereocenters. The van der Waals surface area contributed by atoms with Crippen LogP contribution >= 0.6 is 0 Å². The molecule has 0 aliphatic rings. The van der Waals surface area contributed by atoms with Crippen molar-refractivity contribution in [2.45, 2.75) is 18.7 Å². The molecule has 8 nitrogen and oxygen atoms in total. The first-order chi connectivity index (χ1) is 15.5. The topological polar surface area (TPSA) is 121 Å². The summed E-state index contributed by atoms with van der Waals surface area (Å²) in [5.41, 5.74) is 2.05. The van der Waals surface area contributed by atoms with E-state index in [1.165, 1.54) is 31.2 Å². The van der Waals surface area contributed by atoms with Crippen molar-refractivity contribution in [3.8, 4) is 0 Å². The lowest BCUT2D eigenvalue weighted by Crippen LogP contribution is -2.16. The molecule has 0 radical (unpaired) electrons. The molecule has 11 heteroatoms. The van der Waals surface area contributed by atoms with Gasteiger partial charge in [0.15, 0.2) is 0 Å². The van der Waals surface area contributed by atoms with E-state index in [1.54, 1.807) is 25.1 Å². The van der Waals surface area contributed by atoms with E-state index < -0.39 is 31.8 Å². The number of anilines is 3. The van der Waals surface area contributed by atoms with Crippen LogP contribution in [0.1, 0.15) is 22.8 Å². The number of nitrogens with one attached hydrogen (secondary N) is 3.